The number of rotatable bonds is 56. The Morgan fingerprint density at radius 1 is 0.440 bits per heavy atom. The summed E-state index contributed by atoms with van der Waals surface area (Å²) in [4.78, 5) is 13.1. The van der Waals surface area contributed by atoms with Gasteiger partial charge >= 0.3 is 0 Å². The van der Waals surface area contributed by atoms with E-state index >= 15 is 0 Å². The number of aliphatic hydroxyl groups excluding tert-OH is 5. The van der Waals surface area contributed by atoms with E-state index in [0.29, 0.717) is 6.42 Å². The van der Waals surface area contributed by atoms with E-state index in [4.69, 9.17) is 9.47 Å². The van der Waals surface area contributed by atoms with Crippen LogP contribution in [0.1, 0.15) is 309 Å². The molecule has 0 aromatic rings. The van der Waals surface area contributed by atoms with Crippen molar-refractivity contribution in [2.45, 2.75) is 352 Å². The summed E-state index contributed by atoms with van der Waals surface area (Å²) in [5, 5.41) is 54.6. The summed E-state index contributed by atoms with van der Waals surface area (Å²) < 4.78 is 11.3. The molecule has 1 aliphatic rings. The number of ether oxygens (including phenoxy) is 2. The van der Waals surface area contributed by atoms with Crippen LogP contribution in [0.4, 0.5) is 0 Å². The van der Waals surface area contributed by atoms with Crippen molar-refractivity contribution >= 4 is 5.91 Å². The minimum Gasteiger partial charge on any atom is -0.394 e. The van der Waals surface area contributed by atoms with Crippen molar-refractivity contribution in [2.24, 2.45) is 0 Å². The van der Waals surface area contributed by atoms with Gasteiger partial charge in [-0.1, -0.05) is 281 Å². The fourth-order valence-electron chi connectivity index (χ4n) is 10.2. The Labute approximate surface area is 463 Å². The number of amides is 1. The van der Waals surface area contributed by atoms with Crippen LogP contribution >= 0.6 is 0 Å². The van der Waals surface area contributed by atoms with Gasteiger partial charge in [0.1, 0.15) is 24.4 Å². The molecule has 1 rings (SSSR count). The van der Waals surface area contributed by atoms with Crippen LogP contribution in [0.5, 0.6) is 0 Å². The summed E-state index contributed by atoms with van der Waals surface area (Å²) in [5.41, 5.74) is 0. The molecular formula is C66H123NO8. The van der Waals surface area contributed by atoms with Gasteiger partial charge in [0, 0.05) is 6.42 Å². The maximum atomic E-state index is 13.1. The quantitative estimate of drug-likeness (QED) is 0.0261. The number of aliphatic hydroxyl groups is 5. The lowest BCUT2D eigenvalue weighted by Crippen LogP contribution is -2.60. The number of carbonyl (C=O) groups is 1. The monoisotopic (exact) mass is 1060 g/mol. The molecule has 6 N–H and O–H groups in total. The van der Waals surface area contributed by atoms with E-state index in [0.717, 1.165) is 44.9 Å². The third-order valence-electron chi connectivity index (χ3n) is 15.4. The smallest absolute Gasteiger partial charge is 0.220 e. The highest BCUT2D eigenvalue weighted by Gasteiger charge is 2.44. The molecule has 0 aromatic carbocycles. The minimum atomic E-state index is -1.58. The Morgan fingerprint density at radius 3 is 1.12 bits per heavy atom. The first-order valence-corrected chi connectivity index (χ1v) is 32.4. The molecule has 0 aliphatic carbocycles. The lowest BCUT2D eigenvalue weighted by atomic mass is 9.99. The van der Waals surface area contributed by atoms with Crippen LogP contribution in [-0.2, 0) is 14.3 Å². The third kappa shape index (κ3) is 44.7. The zero-order valence-corrected chi connectivity index (χ0v) is 49.1. The van der Waals surface area contributed by atoms with Crippen LogP contribution in [0.2, 0.25) is 0 Å². The van der Waals surface area contributed by atoms with Crippen LogP contribution in [0.15, 0.2) is 48.6 Å². The molecular weight excluding hydrogens is 935 g/mol. The Hall–Kier alpha value is -1.85. The van der Waals surface area contributed by atoms with Crippen molar-refractivity contribution in [1.29, 1.82) is 0 Å². The predicted octanol–water partition coefficient (Wildman–Crippen LogP) is 16.9. The first-order valence-electron chi connectivity index (χ1n) is 32.4. The Balaban J connectivity index is 2.17. The van der Waals surface area contributed by atoms with E-state index < -0.39 is 49.5 Å². The molecule has 0 radical (unpaired) electrons. The van der Waals surface area contributed by atoms with E-state index in [-0.39, 0.29) is 12.5 Å². The summed E-state index contributed by atoms with van der Waals surface area (Å²) >= 11 is 0. The van der Waals surface area contributed by atoms with Crippen molar-refractivity contribution in [3.8, 4) is 0 Å². The van der Waals surface area contributed by atoms with Crippen LogP contribution in [0.25, 0.3) is 0 Å². The normalized spacial score (nSPS) is 19.2. The molecule has 1 fully saturated rings. The van der Waals surface area contributed by atoms with Crippen molar-refractivity contribution in [3.05, 3.63) is 48.6 Å². The highest BCUT2D eigenvalue weighted by molar-refractivity contribution is 5.76. The maximum absolute atomic E-state index is 13.1. The third-order valence-corrected chi connectivity index (χ3v) is 15.4. The second-order valence-electron chi connectivity index (χ2n) is 22.5. The van der Waals surface area contributed by atoms with E-state index in [1.165, 1.54) is 244 Å². The first kappa shape index (κ1) is 71.2. The highest BCUT2D eigenvalue weighted by Crippen LogP contribution is 2.23. The molecule has 1 heterocycles. The highest BCUT2D eigenvalue weighted by atomic mass is 16.7. The van der Waals surface area contributed by atoms with E-state index in [2.05, 4.69) is 55.6 Å². The van der Waals surface area contributed by atoms with Crippen LogP contribution in [0, 0.1) is 0 Å². The van der Waals surface area contributed by atoms with Crippen LogP contribution in [0.3, 0.4) is 0 Å². The zero-order valence-electron chi connectivity index (χ0n) is 49.1. The number of hydrogen-bond donors (Lipinski definition) is 6. The van der Waals surface area contributed by atoms with Crippen LogP contribution in [-0.4, -0.2) is 87.5 Å². The number of allylic oxidation sites excluding steroid dienone is 7. The standard InChI is InChI=1S/C66H123NO8/c1-3-5-7-9-11-13-15-17-19-21-23-25-26-27-28-29-30-31-32-33-34-36-38-40-42-44-46-48-50-52-54-56-62(70)67-59(58-74-66-65(73)64(72)63(71)61(57-68)75-66)60(69)55-53-51-49-47-45-43-41-39-37-35-24-22-20-18-16-14-12-10-8-6-4-2/h27-28,37,39,45,47,53,55,59-61,63-66,68-69,71-73H,3-26,29-36,38,40-44,46,48-52,54,56-58H2,1-2H3,(H,67,70)/b28-27-,39-37+,47-45+,55-53+. The summed E-state index contributed by atoms with van der Waals surface area (Å²) in [5.74, 6) is -0.187. The summed E-state index contributed by atoms with van der Waals surface area (Å²) in [7, 11) is 0. The van der Waals surface area contributed by atoms with Gasteiger partial charge in [-0.05, 0) is 70.6 Å². The lowest BCUT2D eigenvalue weighted by Gasteiger charge is -2.40. The fraction of sp³-hybridized carbons (Fsp3) is 0.864. The first-order chi connectivity index (χ1) is 36.8. The largest absolute Gasteiger partial charge is 0.394 e. The molecule has 1 amide bonds. The van der Waals surface area contributed by atoms with Gasteiger partial charge in [0.15, 0.2) is 6.29 Å². The number of unbranched alkanes of at least 4 members (excludes halogenated alkanes) is 40. The van der Waals surface area contributed by atoms with Crippen molar-refractivity contribution in [1.82, 2.24) is 5.32 Å². The zero-order chi connectivity index (χ0) is 54.3. The Kier molecular flexibility index (Phi) is 52.6. The SMILES string of the molecule is CCCCCCCCCCCCC/C=C/CC/C=C/CC/C=C/C(O)C(COC1OC(CO)C(O)C(O)C1O)NC(=O)CCCCCCCCCCCCCCCCC/C=C\CCCCCCCCCCCCCC. The number of carbonyl (C=O) groups excluding carboxylic acids is 1. The van der Waals surface area contributed by atoms with Gasteiger partial charge in [0.2, 0.25) is 5.91 Å². The van der Waals surface area contributed by atoms with Gasteiger partial charge in [-0.15, -0.1) is 0 Å². The molecule has 1 saturated heterocycles. The summed E-state index contributed by atoms with van der Waals surface area (Å²) in [6, 6.07) is -0.829. The van der Waals surface area contributed by atoms with Crippen LogP contribution < -0.4 is 5.32 Å². The lowest BCUT2D eigenvalue weighted by molar-refractivity contribution is -0.302. The minimum absolute atomic E-state index is 0.187. The maximum Gasteiger partial charge on any atom is 0.220 e. The Bertz CT molecular complexity index is 1320. The fourth-order valence-corrected chi connectivity index (χ4v) is 10.2. The summed E-state index contributed by atoms with van der Waals surface area (Å²) in [6.07, 6.45) is 67.8. The molecule has 9 nitrogen and oxygen atoms in total. The molecule has 0 saturated carbocycles. The molecule has 1 aliphatic heterocycles. The summed E-state index contributed by atoms with van der Waals surface area (Å²) in [6.45, 7) is 3.79. The number of nitrogens with one attached hydrogen (secondary N) is 1. The molecule has 7 unspecified atom stereocenters. The molecule has 0 spiro atoms. The van der Waals surface area contributed by atoms with Gasteiger partial charge in [-0.25, -0.2) is 0 Å². The van der Waals surface area contributed by atoms with Gasteiger partial charge in [-0.3, -0.25) is 4.79 Å². The van der Waals surface area contributed by atoms with Crippen molar-refractivity contribution in [3.63, 3.8) is 0 Å². The van der Waals surface area contributed by atoms with Crippen molar-refractivity contribution in [2.75, 3.05) is 13.2 Å². The molecule has 9 heteroatoms. The molecule has 440 valence electrons. The molecule has 75 heavy (non-hydrogen) atoms. The van der Waals surface area contributed by atoms with Gasteiger partial charge in [0.05, 0.1) is 25.4 Å². The molecule has 0 bridgehead atoms. The Morgan fingerprint density at radius 2 is 0.760 bits per heavy atom. The van der Waals surface area contributed by atoms with E-state index in [1.807, 2.05) is 6.08 Å². The van der Waals surface area contributed by atoms with Gasteiger partial charge in [-0.2, -0.15) is 0 Å². The molecule has 7 atom stereocenters. The number of hydrogen-bond acceptors (Lipinski definition) is 8. The second-order valence-corrected chi connectivity index (χ2v) is 22.5. The van der Waals surface area contributed by atoms with E-state index in [1.54, 1.807) is 6.08 Å². The predicted molar refractivity (Wildman–Crippen MR) is 318 cm³/mol. The average Bonchev–Trinajstić information content (AvgIpc) is 3.41. The van der Waals surface area contributed by atoms with E-state index in [9.17, 15) is 30.3 Å². The molecule has 0 aromatic heterocycles. The average molecular weight is 1060 g/mol. The topological polar surface area (TPSA) is 149 Å². The van der Waals surface area contributed by atoms with Gasteiger partial charge < -0.3 is 40.3 Å². The van der Waals surface area contributed by atoms with Crippen molar-refractivity contribution < 1.29 is 39.8 Å². The second kappa shape index (κ2) is 55.5. The van der Waals surface area contributed by atoms with Gasteiger partial charge in [0.25, 0.3) is 0 Å².